The molecule has 1 aromatic rings. The Bertz CT molecular complexity index is 375. The fourth-order valence-corrected chi connectivity index (χ4v) is 3.19. The summed E-state index contributed by atoms with van der Waals surface area (Å²) < 4.78 is 3.29. The summed E-state index contributed by atoms with van der Waals surface area (Å²) >= 11 is 3.71. The van der Waals surface area contributed by atoms with Crippen molar-refractivity contribution in [2.24, 2.45) is 17.6 Å². The number of nitrogens with zero attached hydrogens (tertiary/aromatic N) is 2. The van der Waals surface area contributed by atoms with E-state index < -0.39 is 0 Å². The minimum Gasteiger partial charge on any atom is -0.328 e. The zero-order valence-electron chi connectivity index (χ0n) is 12.2. The third kappa shape index (κ3) is 3.35. The van der Waals surface area contributed by atoms with E-state index in [1.165, 1.54) is 10.2 Å². The summed E-state index contributed by atoms with van der Waals surface area (Å²) in [5, 5.41) is 4.65. The molecule has 1 aromatic heterocycles. The average Bonchev–Trinajstić information content (AvgIpc) is 2.61. The summed E-state index contributed by atoms with van der Waals surface area (Å²) in [6.07, 6.45) is 1.96. The molecule has 0 saturated heterocycles. The Balaban J connectivity index is 3.04. The van der Waals surface area contributed by atoms with Gasteiger partial charge in [-0.3, -0.25) is 4.68 Å². The Hall–Kier alpha value is -0.350. The molecule has 3 nitrogen and oxygen atoms in total. The third-order valence-corrected chi connectivity index (χ3v) is 4.57. The lowest BCUT2D eigenvalue weighted by Gasteiger charge is -2.25. The highest BCUT2D eigenvalue weighted by atomic mass is 79.9. The maximum Gasteiger partial charge on any atom is 0.0766 e. The van der Waals surface area contributed by atoms with E-state index >= 15 is 0 Å². The van der Waals surface area contributed by atoms with Gasteiger partial charge in [0.1, 0.15) is 0 Å². The fourth-order valence-electron chi connectivity index (χ4n) is 2.46. The summed E-state index contributed by atoms with van der Waals surface area (Å²) in [6.45, 7) is 11.8. The predicted octanol–water partition coefficient (Wildman–Crippen LogP) is 3.39. The van der Waals surface area contributed by atoms with Gasteiger partial charge in [0.05, 0.1) is 15.9 Å². The molecule has 2 unspecified atom stereocenters. The Labute approximate surface area is 119 Å². The van der Waals surface area contributed by atoms with Gasteiger partial charge in [-0.25, -0.2) is 0 Å². The Kier molecular flexibility index (Phi) is 5.86. The van der Waals surface area contributed by atoms with Crippen LogP contribution in [0, 0.1) is 11.8 Å². The van der Waals surface area contributed by atoms with Gasteiger partial charge >= 0.3 is 0 Å². The quantitative estimate of drug-likeness (QED) is 0.874. The van der Waals surface area contributed by atoms with E-state index in [1.54, 1.807) is 0 Å². The van der Waals surface area contributed by atoms with E-state index in [-0.39, 0.29) is 6.04 Å². The number of rotatable bonds is 6. The second-order valence-corrected chi connectivity index (χ2v) is 6.14. The lowest BCUT2D eigenvalue weighted by Crippen LogP contribution is -2.32. The van der Waals surface area contributed by atoms with Crippen LogP contribution in [0.1, 0.15) is 46.0 Å². The van der Waals surface area contributed by atoms with E-state index in [0.717, 1.165) is 25.1 Å². The minimum absolute atomic E-state index is 0.210. The van der Waals surface area contributed by atoms with E-state index in [9.17, 15) is 0 Å². The Morgan fingerprint density at radius 3 is 2.28 bits per heavy atom. The molecule has 1 rings (SSSR count). The molecule has 0 aromatic carbocycles. The van der Waals surface area contributed by atoms with Gasteiger partial charge < -0.3 is 5.73 Å². The molecule has 18 heavy (non-hydrogen) atoms. The molecule has 2 atom stereocenters. The predicted molar refractivity (Wildman–Crippen MR) is 80.7 cm³/mol. The first-order valence-corrected chi connectivity index (χ1v) is 7.71. The lowest BCUT2D eigenvalue weighted by molar-refractivity contribution is 0.322. The van der Waals surface area contributed by atoms with Crippen LogP contribution in [0.15, 0.2) is 4.47 Å². The van der Waals surface area contributed by atoms with Gasteiger partial charge in [-0.15, -0.1) is 0 Å². The molecule has 0 bridgehead atoms. The number of halogens is 1. The topological polar surface area (TPSA) is 43.8 Å². The van der Waals surface area contributed by atoms with Gasteiger partial charge in [0, 0.05) is 12.6 Å². The SMILES string of the molecule is CCc1nn(CC)c(CC(C(C)C)C(C)N)c1Br. The van der Waals surface area contributed by atoms with Gasteiger partial charge in [-0.2, -0.15) is 5.10 Å². The Morgan fingerprint density at radius 1 is 1.28 bits per heavy atom. The van der Waals surface area contributed by atoms with Crippen molar-refractivity contribution in [2.45, 2.75) is 60.0 Å². The molecule has 0 fully saturated rings. The second-order valence-electron chi connectivity index (χ2n) is 5.35. The van der Waals surface area contributed by atoms with E-state index in [4.69, 9.17) is 5.73 Å². The highest BCUT2D eigenvalue weighted by molar-refractivity contribution is 9.10. The number of aromatic nitrogens is 2. The first-order chi connectivity index (χ1) is 8.42. The molecule has 1 heterocycles. The molecule has 0 aliphatic carbocycles. The molecule has 0 radical (unpaired) electrons. The van der Waals surface area contributed by atoms with Gasteiger partial charge in [0.15, 0.2) is 0 Å². The van der Waals surface area contributed by atoms with Gasteiger partial charge in [-0.05, 0) is 54.5 Å². The van der Waals surface area contributed by atoms with E-state index in [2.05, 4.69) is 60.3 Å². The van der Waals surface area contributed by atoms with Gasteiger partial charge in [0.25, 0.3) is 0 Å². The smallest absolute Gasteiger partial charge is 0.0766 e. The first-order valence-electron chi connectivity index (χ1n) is 6.91. The zero-order valence-corrected chi connectivity index (χ0v) is 13.8. The Morgan fingerprint density at radius 2 is 1.89 bits per heavy atom. The van der Waals surface area contributed by atoms with Crippen LogP contribution < -0.4 is 5.73 Å². The van der Waals surface area contributed by atoms with Crippen LogP contribution in [0.3, 0.4) is 0 Å². The van der Waals surface area contributed by atoms with Gasteiger partial charge in [-0.1, -0.05) is 20.8 Å². The monoisotopic (exact) mass is 315 g/mol. The summed E-state index contributed by atoms with van der Waals surface area (Å²) in [5.74, 6) is 1.08. The van der Waals surface area contributed by atoms with Crippen LogP contribution in [0.5, 0.6) is 0 Å². The van der Waals surface area contributed by atoms with Crippen molar-refractivity contribution in [3.8, 4) is 0 Å². The lowest BCUT2D eigenvalue weighted by atomic mass is 9.86. The van der Waals surface area contributed by atoms with Crippen molar-refractivity contribution in [1.82, 2.24) is 9.78 Å². The summed E-state index contributed by atoms with van der Waals surface area (Å²) in [5.41, 5.74) is 8.57. The molecule has 4 heteroatoms. The van der Waals surface area contributed by atoms with E-state index in [0.29, 0.717) is 11.8 Å². The number of hydrogen-bond acceptors (Lipinski definition) is 2. The zero-order chi connectivity index (χ0) is 13.9. The maximum atomic E-state index is 6.12. The van der Waals surface area contributed by atoms with E-state index in [1.807, 2.05) is 0 Å². The molecule has 0 amide bonds. The number of nitrogens with two attached hydrogens (primary N) is 1. The van der Waals surface area contributed by atoms with Crippen molar-refractivity contribution >= 4 is 15.9 Å². The van der Waals surface area contributed by atoms with Crippen LogP contribution >= 0.6 is 15.9 Å². The maximum absolute atomic E-state index is 6.12. The largest absolute Gasteiger partial charge is 0.328 e. The van der Waals surface area contributed by atoms with Crippen molar-refractivity contribution < 1.29 is 0 Å². The third-order valence-electron chi connectivity index (χ3n) is 3.65. The highest BCUT2D eigenvalue weighted by Crippen LogP contribution is 2.28. The summed E-state index contributed by atoms with van der Waals surface area (Å²) in [7, 11) is 0. The molecule has 0 aliphatic heterocycles. The minimum atomic E-state index is 0.210. The van der Waals surface area contributed by atoms with Crippen LogP contribution in [0.25, 0.3) is 0 Å². The summed E-state index contributed by atoms with van der Waals surface area (Å²) in [4.78, 5) is 0. The van der Waals surface area contributed by atoms with Crippen molar-refractivity contribution in [2.75, 3.05) is 0 Å². The van der Waals surface area contributed by atoms with Crippen molar-refractivity contribution in [1.29, 1.82) is 0 Å². The standard InChI is InChI=1S/C14H26BrN3/c1-6-12-14(15)13(18(7-2)17-12)8-11(9(3)4)10(5)16/h9-11H,6-8,16H2,1-5H3. The molecule has 0 spiro atoms. The summed E-state index contributed by atoms with van der Waals surface area (Å²) in [6, 6.07) is 0.210. The molecule has 104 valence electrons. The molecule has 0 aliphatic rings. The fraction of sp³-hybridized carbons (Fsp3) is 0.786. The number of aryl methyl sites for hydroxylation is 2. The van der Waals surface area contributed by atoms with Gasteiger partial charge in [0.2, 0.25) is 0 Å². The first kappa shape index (κ1) is 15.7. The number of hydrogen-bond donors (Lipinski definition) is 1. The van der Waals surface area contributed by atoms with Crippen molar-refractivity contribution in [3.63, 3.8) is 0 Å². The van der Waals surface area contributed by atoms with Crippen LogP contribution in [-0.2, 0) is 19.4 Å². The highest BCUT2D eigenvalue weighted by Gasteiger charge is 2.23. The van der Waals surface area contributed by atoms with Crippen LogP contribution in [0.2, 0.25) is 0 Å². The van der Waals surface area contributed by atoms with Crippen LogP contribution in [0.4, 0.5) is 0 Å². The van der Waals surface area contributed by atoms with Crippen molar-refractivity contribution in [3.05, 3.63) is 15.9 Å². The molecular formula is C14H26BrN3. The molecule has 2 N–H and O–H groups in total. The second kappa shape index (κ2) is 6.71. The molecule has 0 saturated carbocycles. The molecular weight excluding hydrogens is 290 g/mol. The average molecular weight is 316 g/mol. The normalized spacial score (nSPS) is 15.1. The van der Waals surface area contributed by atoms with Crippen LogP contribution in [-0.4, -0.2) is 15.8 Å².